The Kier molecular flexibility index (Phi) is 5.41. The highest BCUT2D eigenvalue weighted by Gasteiger charge is 2.31. The highest BCUT2D eigenvalue weighted by atomic mass is 32.2. The number of sulfone groups is 1. The van der Waals surface area contributed by atoms with E-state index in [0.717, 1.165) is 18.4 Å². The minimum atomic E-state index is -4.79. The van der Waals surface area contributed by atoms with Gasteiger partial charge in [0.1, 0.15) is 15.6 Å². The third-order valence-corrected chi connectivity index (χ3v) is 3.50. The van der Waals surface area contributed by atoms with E-state index in [0.29, 0.717) is 0 Å². The molecule has 1 unspecified atom stereocenters. The molecule has 0 saturated carbocycles. The zero-order valence-corrected chi connectivity index (χ0v) is 11.5. The van der Waals surface area contributed by atoms with E-state index in [4.69, 9.17) is 0 Å². The van der Waals surface area contributed by atoms with Gasteiger partial charge < -0.3 is 9.84 Å². The molecule has 8 heteroatoms. The first-order valence-corrected chi connectivity index (χ1v) is 7.84. The molecule has 0 fully saturated rings. The van der Waals surface area contributed by atoms with Crippen LogP contribution in [0.1, 0.15) is 24.5 Å². The molecule has 1 N–H and O–H groups in total. The van der Waals surface area contributed by atoms with Gasteiger partial charge in [0.15, 0.2) is 0 Å². The summed E-state index contributed by atoms with van der Waals surface area (Å²) in [4.78, 5) is 0. The number of alkyl halides is 3. The fourth-order valence-electron chi connectivity index (χ4n) is 1.62. The molecular formula is C12H15F3O4S. The van der Waals surface area contributed by atoms with Crippen LogP contribution in [0.25, 0.3) is 0 Å². The van der Waals surface area contributed by atoms with Gasteiger partial charge in [0.25, 0.3) is 0 Å². The van der Waals surface area contributed by atoms with Gasteiger partial charge >= 0.3 is 6.36 Å². The second-order valence-corrected chi connectivity index (χ2v) is 6.67. The number of aliphatic hydroxyl groups is 1. The molecule has 0 bridgehead atoms. The molecule has 114 valence electrons. The van der Waals surface area contributed by atoms with Crippen molar-refractivity contribution in [3.8, 4) is 5.75 Å². The molecular weight excluding hydrogens is 297 g/mol. The second-order valence-electron chi connectivity index (χ2n) is 4.41. The van der Waals surface area contributed by atoms with E-state index in [-0.39, 0.29) is 24.2 Å². The predicted octanol–water partition coefficient (Wildman–Crippen LogP) is 2.44. The average molecular weight is 312 g/mol. The molecule has 1 aromatic rings. The van der Waals surface area contributed by atoms with E-state index in [1.54, 1.807) is 0 Å². The number of aliphatic hydroxyl groups excluding tert-OH is 1. The molecule has 0 spiro atoms. The standard InChI is InChI=1S/C12H15F3O4S/c1-20(17,18)7-3-6-11(16)9-4-2-5-10(8-9)19-12(13,14)15/h2,4-5,8,11,16H,3,6-7H2,1H3. The summed E-state index contributed by atoms with van der Waals surface area (Å²) in [6, 6.07) is 4.99. The zero-order chi connectivity index (χ0) is 15.4. The first-order valence-electron chi connectivity index (χ1n) is 5.78. The smallest absolute Gasteiger partial charge is 0.406 e. The number of halogens is 3. The maximum absolute atomic E-state index is 12.1. The van der Waals surface area contributed by atoms with Crippen molar-refractivity contribution < 1.29 is 31.4 Å². The molecule has 1 atom stereocenters. The largest absolute Gasteiger partial charge is 0.573 e. The molecule has 0 radical (unpaired) electrons. The first kappa shape index (κ1) is 16.8. The Balaban J connectivity index is 2.64. The number of hydrogen-bond donors (Lipinski definition) is 1. The Morgan fingerprint density at radius 1 is 1.35 bits per heavy atom. The van der Waals surface area contributed by atoms with Gasteiger partial charge in [-0.25, -0.2) is 8.42 Å². The molecule has 0 aliphatic heterocycles. The maximum atomic E-state index is 12.1. The Morgan fingerprint density at radius 2 is 2.00 bits per heavy atom. The average Bonchev–Trinajstić information content (AvgIpc) is 2.25. The number of hydrogen-bond acceptors (Lipinski definition) is 4. The lowest BCUT2D eigenvalue weighted by atomic mass is 10.1. The highest BCUT2D eigenvalue weighted by molar-refractivity contribution is 7.90. The molecule has 0 aromatic heterocycles. The maximum Gasteiger partial charge on any atom is 0.573 e. The van der Waals surface area contributed by atoms with E-state index < -0.39 is 28.1 Å². The van der Waals surface area contributed by atoms with Crippen LogP contribution < -0.4 is 4.74 Å². The van der Waals surface area contributed by atoms with Gasteiger partial charge in [-0.1, -0.05) is 12.1 Å². The van der Waals surface area contributed by atoms with Gasteiger partial charge in [-0.15, -0.1) is 13.2 Å². The summed E-state index contributed by atoms with van der Waals surface area (Å²) in [6.07, 6.45) is -4.38. The molecule has 0 amide bonds. The van der Waals surface area contributed by atoms with Crippen LogP contribution >= 0.6 is 0 Å². The van der Waals surface area contributed by atoms with Gasteiger partial charge in [0.2, 0.25) is 0 Å². The van der Waals surface area contributed by atoms with Gasteiger partial charge in [0, 0.05) is 12.0 Å². The fourth-order valence-corrected chi connectivity index (χ4v) is 2.32. The lowest BCUT2D eigenvalue weighted by molar-refractivity contribution is -0.274. The quantitative estimate of drug-likeness (QED) is 0.876. The van der Waals surface area contributed by atoms with Crippen molar-refractivity contribution in [2.24, 2.45) is 0 Å². The van der Waals surface area contributed by atoms with Crippen LogP contribution in [0.2, 0.25) is 0 Å². The molecule has 0 heterocycles. The lowest BCUT2D eigenvalue weighted by Crippen LogP contribution is -2.17. The minimum Gasteiger partial charge on any atom is -0.406 e. The van der Waals surface area contributed by atoms with E-state index >= 15 is 0 Å². The molecule has 4 nitrogen and oxygen atoms in total. The van der Waals surface area contributed by atoms with Crippen molar-refractivity contribution >= 4 is 9.84 Å². The normalized spacial score (nSPS) is 14.1. The predicted molar refractivity (Wildman–Crippen MR) is 67.0 cm³/mol. The Hall–Kier alpha value is -1.28. The van der Waals surface area contributed by atoms with Gasteiger partial charge in [-0.05, 0) is 30.5 Å². The Bertz CT molecular complexity index is 540. The minimum absolute atomic E-state index is 0.0806. The van der Waals surface area contributed by atoms with E-state index in [1.165, 1.54) is 12.1 Å². The van der Waals surface area contributed by atoms with Crippen LogP contribution in [-0.4, -0.2) is 31.9 Å². The van der Waals surface area contributed by atoms with Crippen LogP contribution in [0.3, 0.4) is 0 Å². The number of ether oxygens (including phenoxy) is 1. The monoisotopic (exact) mass is 312 g/mol. The van der Waals surface area contributed by atoms with E-state index in [2.05, 4.69) is 4.74 Å². The lowest BCUT2D eigenvalue weighted by Gasteiger charge is -2.13. The van der Waals surface area contributed by atoms with Crippen LogP contribution in [0.4, 0.5) is 13.2 Å². The van der Waals surface area contributed by atoms with Crippen LogP contribution in [0.15, 0.2) is 24.3 Å². The van der Waals surface area contributed by atoms with Crippen LogP contribution in [0, 0.1) is 0 Å². The van der Waals surface area contributed by atoms with Crippen molar-refractivity contribution in [3.05, 3.63) is 29.8 Å². The third-order valence-electron chi connectivity index (χ3n) is 2.47. The van der Waals surface area contributed by atoms with Crippen molar-refractivity contribution in [1.82, 2.24) is 0 Å². The highest BCUT2D eigenvalue weighted by Crippen LogP contribution is 2.27. The summed E-state index contributed by atoms with van der Waals surface area (Å²) in [5.41, 5.74) is 0.250. The Morgan fingerprint density at radius 3 is 2.55 bits per heavy atom. The third kappa shape index (κ3) is 6.76. The van der Waals surface area contributed by atoms with Crippen molar-refractivity contribution in [2.45, 2.75) is 25.3 Å². The van der Waals surface area contributed by atoms with Crippen molar-refractivity contribution in [2.75, 3.05) is 12.0 Å². The fraction of sp³-hybridized carbons (Fsp3) is 0.500. The Labute approximate surface area is 115 Å². The number of rotatable bonds is 6. The van der Waals surface area contributed by atoms with Crippen molar-refractivity contribution in [1.29, 1.82) is 0 Å². The molecule has 0 aliphatic rings. The summed E-state index contributed by atoms with van der Waals surface area (Å²) in [6.45, 7) is 0. The van der Waals surface area contributed by atoms with Crippen LogP contribution in [-0.2, 0) is 9.84 Å². The number of benzene rings is 1. The molecule has 0 saturated heterocycles. The molecule has 0 aliphatic carbocycles. The summed E-state index contributed by atoms with van der Waals surface area (Å²) in [5, 5.41) is 9.81. The molecule has 1 rings (SSSR count). The molecule has 1 aromatic carbocycles. The zero-order valence-electron chi connectivity index (χ0n) is 10.7. The van der Waals surface area contributed by atoms with Gasteiger partial charge in [-0.2, -0.15) is 0 Å². The van der Waals surface area contributed by atoms with Gasteiger partial charge in [-0.3, -0.25) is 0 Å². The van der Waals surface area contributed by atoms with E-state index in [1.807, 2.05) is 0 Å². The summed E-state index contributed by atoms with van der Waals surface area (Å²) < 4.78 is 61.8. The summed E-state index contributed by atoms with van der Waals surface area (Å²) >= 11 is 0. The SMILES string of the molecule is CS(=O)(=O)CCCC(O)c1cccc(OC(F)(F)F)c1. The molecule has 20 heavy (non-hydrogen) atoms. The van der Waals surface area contributed by atoms with E-state index in [9.17, 15) is 26.7 Å². The second kappa shape index (κ2) is 6.45. The van der Waals surface area contributed by atoms with Crippen molar-refractivity contribution in [3.63, 3.8) is 0 Å². The topological polar surface area (TPSA) is 63.6 Å². The van der Waals surface area contributed by atoms with Crippen LogP contribution in [0.5, 0.6) is 5.75 Å². The van der Waals surface area contributed by atoms with Gasteiger partial charge in [0.05, 0.1) is 6.10 Å². The summed E-state index contributed by atoms with van der Waals surface area (Å²) in [7, 11) is -3.12. The first-order chi connectivity index (χ1) is 9.07. The summed E-state index contributed by atoms with van der Waals surface area (Å²) in [5.74, 6) is -0.500.